The third-order valence-electron chi connectivity index (χ3n) is 4.22. The molecule has 2 aliphatic rings. The van der Waals surface area contributed by atoms with Crippen molar-refractivity contribution in [3.05, 3.63) is 0 Å². The molecule has 2 fully saturated rings. The minimum Gasteiger partial charge on any atom is -0.311 e. The average Bonchev–Trinajstić information content (AvgIpc) is 2.91. The van der Waals surface area contributed by atoms with Crippen LogP contribution in [0, 0.1) is 11.8 Å². The molecule has 0 aromatic carbocycles. The molecule has 2 saturated carbocycles. The van der Waals surface area contributed by atoms with Crippen molar-refractivity contribution < 1.29 is 0 Å². The molecular weight excluding hydrogens is 170 g/mol. The van der Waals surface area contributed by atoms with E-state index in [1.807, 2.05) is 0 Å². The van der Waals surface area contributed by atoms with Crippen LogP contribution in [0.2, 0.25) is 0 Å². The van der Waals surface area contributed by atoms with Crippen LogP contribution in [0.25, 0.3) is 0 Å². The van der Waals surface area contributed by atoms with E-state index >= 15 is 0 Å². The van der Waals surface area contributed by atoms with E-state index in [9.17, 15) is 0 Å². The van der Waals surface area contributed by atoms with Crippen LogP contribution < -0.4 is 5.32 Å². The number of nitrogens with one attached hydrogen (secondary N) is 1. The first kappa shape index (κ1) is 10.5. The Labute approximate surface area is 88.7 Å². The van der Waals surface area contributed by atoms with Crippen LogP contribution in [0.15, 0.2) is 0 Å². The largest absolute Gasteiger partial charge is 0.311 e. The predicted molar refractivity (Wildman–Crippen MR) is 61.4 cm³/mol. The SMILES string of the molecule is CCC1CCCC(NC2CC2C)CC1. The number of hydrogen-bond donors (Lipinski definition) is 1. The van der Waals surface area contributed by atoms with E-state index in [4.69, 9.17) is 0 Å². The maximum atomic E-state index is 3.83. The van der Waals surface area contributed by atoms with Gasteiger partial charge in [0.05, 0.1) is 0 Å². The highest BCUT2D eigenvalue weighted by Gasteiger charge is 2.34. The molecule has 1 nitrogen and oxygen atoms in total. The number of hydrogen-bond acceptors (Lipinski definition) is 1. The molecule has 1 heteroatoms. The molecule has 0 aromatic rings. The zero-order chi connectivity index (χ0) is 9.97. The van der Waals surface area contributed by atoms with E-state index in [2.05, 4.69) is 19.2 Å². The second kappa shape index (κ2) is 4.65. The molecule has 0 aliphatic heterocycles. The lowest BCUT2D eigenvalue weighted by molar-refractivity contribution is 0.421. The summed E-state index contributed by atoms with van der Waals surface area (Å²) in [7, 11) is 0. The molecule has 1 N–H and O–H groups in total. The zero-order valence-electron chi connectivity index (χ0n) is 9.76. The van der Waals surface area contributed by atoms with Crippen LogP contribution in [0.1, 0.15) is 58.8 Å². The molecule has 2 aliphatic carbocycles. The van der Waals surface area contributed by atoms with Crippen molar-refractivity contribution in [2.24, 2.45) is 11.8 Å². The first-order valence-electron chi connectivity index (χ1n) is 6.55. The summed E-state index contributed by atoms with van der Waals surface area (Å²) in [5, 5.41) is 3.83. The fraction of sp³-hybridized carbons (Fsp3) is 1.00. The van der Waals surface area contributed by atoms with Gasteiger partial charge in [0, 0.05) is 12.1 Å². The summed E-state index contributed by atoms with van der Waals surface area (Å²) >= 11 is 0. The lowest BCUT2D eigenvalue weighted by Crippen LogP contribution is -2.31. The average molecular weight is 195 g/mol. The quantitative estimate of drug-likeness (QED) is 0.681. The zero-order valence-corrected chi connectivity index (χ0v) is 9.76. The molecule has 4 unspecified atom stereocenters. The first-order valence-corrected chi connectivity index (χ1v) is 6.55. The van der Waals surface area contributed by atoms with Gasteiger partial charge in [-0.2, -0.15) is 0 Å². The maximum absolute atomic E-state index is 3.83. The Morgan fingerprint density at radius 3 is 2.57 bits per heavy atom. The Kier molecular flexibility index (Phi) is 3.48. The standard InChI is InChI=1S/C13H25N/c1-3-11-5-4-6-12(8-7-11)14-13-9-10(13)2/h10-14H,3-9H2,1-2H3. The summed E-state index contributed by atoms with van der Waals surface area (Å²) < 4.78 is 0. The summed E-state index contributed by atoms with van der Waals surface area (Å²) in [5.74, 6) is 1.98. The van der Waals surface area contributed by atoms with Crippen LogP contribution in [0.3, 0.4) is 0 Å². The maximum Gasteiger partial charge on any atom is 0.00989 e. The molecule has 0 saturated heterocycles. The second-order valence-electron chi connectivity index (χ2n) is 5.47. The predicted octanol–water partition coefficient (Wildman–Crippen LogP) is 3.34. The van der Waals surface area contributed by atoms with E-state index < -0.39 is 0 Å². The molecular formula is C13H25N. The Morgan fingerprint density at radius 1 is 1.14 bits per heavy atom. The molecule has 0 bridgehead atoms. The second-order valence-corrected chi connectivity index (χ2v) is 5.47. The summed E-state index contributed by atoms with van der Waals surface area (Å²) in [6.07, 6.45) is 10.1. The van der Waals surface area contributed by atoms with Gasteiger partial charge in [0.15, 0.2) is 0 Å². The molecule has 0 aromatic heterocycles. The summed E-state index contributed by atoms with van der Waals surface area (Å²) in [5.41, 5.74) is 0. The van der Waals surface area contributed by atoms with E-state index in [0.29, 0.717) is 0 Å². The molecule has 0 amide bonds. The van der Waals surface area contributed by atoms with Gasteiger partial charge in [0.2, 0.25) is 0 Å². The van der Waals surface area contributed by atoms with Gasteiger partial charge in [-0.25, -0.2) is 0 Å². The monoisotopic (exact) mass is 195 g/mol. The van der Waals surface area contributed by atoms with Crippen LogP contribution in [0.4, 0.5) is 0 Å². The van der Waals surface area contributed by atoms with Gasteiger partial charge in [0.25, 0.3) is 0 Å². The van der Waals surface area contributed by atoms with Gasteiger partial charge in [-0.3, -0.25) is 0 Å². The van der Waals surface area contributed by atoms with Crippen LogP contribution >= 0.6 is 0 Å². The Balaban J connectivity index is 1.72. The molecule has 14 heavy (non-hydrogen) atoms. The molecule has 0 radical (unpaired) electrons. The summed E-state index contributed by atoms with van der Waals surface area (Å²) in [6.45, 7) is 4.71. The van der Waals surface area contributed by atoms with Gasteiger partial charge >= 0.3 is 0 Å². The summed E-state index contributed by atoms with van der Waals surface area (Å²) in [4.78, 5) is 0. The lowest BCUT2D eigenvalue weighted by Gasteiger charge is -2.16. The first-order chi connectivity index (χ1) is 6.79. The highest BCUT2D eigenvalue weighted by molar-refractivity contribution is 4.92. The summed E-state index contributed by atoms with van der Waals surface area (Å²) in [6, 6.07) is 1.72. The third-order valence-corrected chi connectivity index (χ3v) is 4.22. The molecule has 82 valence electrons. The molecule has 4 atom stereocenters. The van der Waals surface area contributed by atoms with Crippen molar-refractivity contribution in [2.75, 3.05) is 0 Å². The van der Waals surface area contributed by atoms with Crippen LogP contribution in [-0.2, 0) is 0 Å². The van der Waals surface area contributed by atoms with E-state index in [0.717, 1.165) is 23.9 Å². The van der Waals surface area contributed by atoms with E-state index in [-0.39, 0.29) is 0 Å². The van der Waals surface area contributed by atoms with Crippen molar-refractivity contribution in [3.8, 4) is 0 Å². The van der Waals surface area contributed by atoms with E-state index in [1.54, 1.807) is 0 Å². The van der Waals surface area contributed by atoms with Gasteiger partial charge < -0.3 is 5.32 Å². The van der Waals surface area contributed by atoms with Crippen molar-refractivity contribution in [1.29, 1.82) is 0 Å². The van der Waals surface area contributed by atoms with Crippen molar-refractivity contribution in [1.82, 2.24) is 5.32 Å². The fourth-order valence-corrected chi connectivity index (χ4v) is 2.81. The van der Waals surface area contributed by atoms with Gasteiger partial charge in [0.1, 0.15) is 0 Å². The van der Waals surface area contributed by atoms with Gasteiger partial charge in [-0.05, 0) is 37.5 Å². The van der Waals surface area contributed by atoms with Crippen LogP contribution in [-0.4, -0.2) is 12.1 Å². The smallest absolute Gasteiger partial charge is 0.00989 e. The minimum atomic E-state index is 0.849. The van der Waals surface area contributed by atoms with Crippen molar-refractivity contribution in [3.63, 3.8) is 0 Å². The topological polar surface area (TPSA) is 12.0 Å². The number of rotatable bonds is 3. The molecule has 2 rings (SSSR count). The Morgan fingerprint density at radius 2 is 1.93 bits per heavy atom. The fourth-order valence-electron chi connectivity index (χ4n) is 2.81. The van der Waals surface area contributed by atoms with E-state index in [1.165, 1.54) is 44.9 Å². The highest BCUT2D eigenvalue weighted by Crippen LogP contribution is 2.32. The Bertz CT molecular complexity index is 178. The van der Waals surface area contributed by atoms with Gasteiger partial charge in [-0.15, -0.1) is 0 Å². The Hall–Kier alpha value is -0.0400. The third kappa shape index (κ3) is 2.73. The normalized spacial score (nSPS) is 43.3. The minimum absolute atomic E-state index is 0.849. The van der Waals surface area contributed by atoms with Gasteiger partial charge in [-0.1, -0.05) is 33.1 Å². The van der Waals surface area contributed by atoms with Crippen molar-refractivity contribution in [2.45, 2.75) is 70.9 Å². The lowest BCUT2D eigenvalue weighted by atomic mass is 9.98. The molecule has 0 spiro atoms. The highest BCUT2D eigenvalue weighted by atomic mass is 15.0. The molecule has 0 heterocycles. The van der Waals surface area contributed by atoms with Crippen molar-refractivity contribution >= 4 is 0 Å². The van der Waals surface area contributed by atoms with Crippen LogP contribution in [0.5, 0.6) is 0 Å².